The maximum atomic E-state index is 11.5. The first kappa shape index (κ1) is 39.0. The number of benzene rings is 2. The second kappa shape index (κ2) is 16.2. The third kappa shape index (κ3) is 10.0. The highest BCUT2D eigenvalue weighted by atomic mass is 79.9. The van der Waals surface area contributed by atoms with Crippen molar-refractivity contribution in [3.63, 3.8) is 0 Å². The third-order valence-electron chi connectivity index (χ3n) is 7.98. The molecule has 0 aliphatic carbocycles. The van der Waals surface area contributed by atoms with Crippen molar-refractivity contribution in [2.75, 3.05) is 53.9 Å². The van der Waals surface area contributed by atoms with E-state index in [1.807, 2.05) is 12.1 Å². The Morgan fingerprint density at radius 2 is 1.02 bits per heavy atom. The molecule has 4 aromatic rings. The first-order valence-electron chi connectivity index (χ1n) is 16.4. The van der Waals surface area contributed by atoms with E-state index in [1.165, 1.54) is 14.2 Å². The largest absolute Gasteiger partial charge is 0.493 e. The maximum Gasteiger partial charge on any atom is 0.493 e. The summed E-state index contributed by atoms with van der Waals surface area (Å²) < 4.78 is 54.0. The summed E-state index contributed by atoms with van der Waals surface area (Å²) in [4.78, 5) is 22.7. The number of nitrogens with zero attached hydrogens (tertiary/aromatic N) is 2. The van der Waals surface area contributed by atoms with Crippen LogP contribution in [0.3, 0.4) is 0 Å². The summed E-state index contributed by atoms with van der Waals surface area (Å²) in [6.45, 7) is 16.7. The van der Waals surface area contributed by atoms with Crippen molar-refractivity contribution in [2.45, 2.75) is 41.5 Å². The van der Waals surface area contributed by atoms with Crippen LogP contribution in [0, 0.1) is 16.2 Å². The summed E-state index contributed by atoms with van der Waals surface area (Å²) >= 11 is 3.30. The van der Waals surface area contributed by atoms with Gasteiger partial charge in [-0.05, 0) is 35.8 Å². The summed E-state index contributed by atoms with van der Waals surface area (Å²) in [5, 5.41) is 8.89. The Morgan fingerprint density at radius 3 is 1.45 bits per heavy atom. The molecule has 0 bridgehead atoms. The number of rotatable bonds is 4. The molecular weight excluding hydrogens is 729 g/mol. The quantitative estimate of drug-likeness (QED) is 0.203. The molecule has 5 heterocycles. The molecule has 3 fully saturated rings. The molecule has 7 rings (SSSR count). The Hall–Kier alpha value is -3.25. The average Bonchev–Trinajstić information content (AvgIpc) is 3.72. The second-order valence-corrected chi connectivity index (χ2v) is 15.8. The zero-order valence-electron chi connectivity index (χ0n) is 30.1. The molecule has 272 valence electrons. The van der Waals surface area contributed by atoms with E-state index in [2.05, 4.69) is 77.3 Å². The third-order valence-corrected chi connectivity index (χ3v) is 8.47. The van der Waals surface area contributed by atoms with Crippen LogP contribution in [0.1, 0.15) is 62.7 Å². The lowest BCUT2D eigenvalue weighted by Gasteiger charge is -2.38. The van der Waals surface area contributed by atoms with Gasteiger partial charge in [-0.15, -0.1) is 0 Å². The van der Waals surface area contributed by atoms with Crippen LogP contribution >= 0.6 is 15.9 Å². The molecular formula is C33H42B3BrN2O12. The minimum atomic E-state index is -0.544. The number of methoxy groups -OCH3 is 2. The molecule has 2 aromatic carbocycles. The first-order chi connectivity index (χ1) is 24.1. The zero-order valence-corrected chi connectivity index (χ0v) is 31.7. The summed E-state index contributed by atoms with van der Waals surface area (Å²) in [6, 6.07) is 10.7. The molecule has 0 amide bonds. The fourth-order valence-corrected chi connectivity index (χ4v) is 5.46. The van der Waals surface area contributed by atoms with Gasteiger partial charge in [-0.3, -0.25) is 0 Å². The minimum Gasteiger partial charge on any atom is -0.463 e. The van der Waals surface area contributed by atoms with Crippen molar-refractivity contribution in [3.05, 3.63) is 52.4 Å². The highest BCUT2D eigenvalue weighted by Crippen LogP contribution is 2.27. The number of hydrogen-bond donors (Lipinski definition) is 0. The number of esters is 2. The Balaban J connectivity index is 0.000000152. The van der Waals surface area contributed by atoms with Crippen LogP contribution in [0.25, 0.3) is 21.8 Å². The van der Waals surface area contributed by atoms with Crippen molar-refractivity contribution in [3.8, 4) is 0 Å². The predicted molar refractivity (Wildman–Crippen MR) is 192 cm³/mol. The molecule has 0 N–H and O–H groups in total. The van der Waals surface area contributed by atoms with E-state index in [0.29, 0.717) is 61.4 Å². The highest BCUT2D eigenvalue weighted by Gasteiger charge is 2.47. The molecule has 18 heteroatoms. The van der Waals surface area contributed by atoms with E-state index in [1.54, 1.807) is 24.3 Å². The van der Waals surface area contributed by atoms with Crippen molar-refractivity contribution < 1.29 is 56.0 Å². The number of ether oxygens (including phenoxy) is 2. The van der Waals surface area contributed by atoms with Crippen molar-refractivity contribution in [1.29, 1.82) is 0 Å². The van der Waals surface area contributed by atoms with Gasteiger partial charge in [0.05, 0.1) is 25.0 Å². The Bertz CT molecular complexity index is 1770. The summed E-state index contributed by atoms with van der Waals surface area (Å²) in [5.41, 5.74) is 2.24. The van der Waals surface area contributed by atoms with Gasteiger partial charge in [-0.25, -0.2) is 9.59 Å². The Labute approximate surface area is 305 Å². The van der Waals surface area contributed by atoms with E-state index in [4.69, 9.17) is 37.0 Å². The summed E-state index contributed by atoms with van der Waals surface area (Å²) in [6.07, 6.45) is 0. The molecule has 2 aromatic heterocycles. The lowest BCUT2D eigenvalue weighted by Crippen LogP contribution is -2.56. The van der Waals surface area contributed by atoms with Crippen molar-refractivity contribution in [2.24, 2.45) is 16.2 Å². The number of fused-ring (bicyclic) bond motifs is 2. The predicted octanol–water partition coefficient (Wildman–Crippen LogP) is 4.95. The van der Waals surface area contributed by atoms with E-state index in [0.717, 1.165) is 9.94 Å². The molecule has 3 aliphatic rings. The SMILES string of the molecule is CC1(C)COB(B2OCC(C)(C)CO2)OC1.COC(=O)c1onc2cc(B3OCC(C)(C)CO3)ccc12.COC(=O)c1onc2cc(Br)ccc12. The van der Waals surface area contributed by atoms with Crippen LogP contribution in [0.2, 0.25) is 0 Å². The zero-order chi connectivity index (χ0) is 37.0. The fraction of sp³-hybridized carbons (Fsp3) is 0.515. The summed E-state index contributed by atoms with van der Waals surface area (Å²) in [7, 11) is 1.44. The van der Waals surface area contributed by atoms with Crippen molar-refractivity contribution >= 4 is 76.3 Å². The number of hydrogen-bond acceptors (Lipinski definition) is 14. The molecule has 0 radical (unpaired) electrons. The van der Waals surface area contributed by atoms with Gasteiger partial charge in [0.2, 0.25) is 0 Å². The van der Waals surface area contributed by atoms with Crippen LogP contribution in [0.5, 0.6) is 0 Å². The van der Waals surface area contributed by atoms with Crippen LogP contribution in [0.4, 0.5) is 0 Å². The van der Waals surface area contributed by atoms with Gasteiger partial charge >= 0.3 is 33.1 Å². The monoisotopic (exact) mass is 770 g/mol. The van der Waals surface area contributed by atoms with Gasteiger partial charge in [-0.1, -0.05) is 73.9 Å². The van der Waals surface area contributed by atoms with E-state index in [-0.39, 0.29) is 41.8 Å². The topological polar surface area (TPSA) is 160 Å². The molecule has 14 nitrogen and oxygen atoms in total. The molecule has 0 saturated carbocycles. The van der Waals surface area contributed by atoms with Gasteiger partial charge in [0.15, 0.2) is 0 Å². The lowest BCUT2D eigenvalue weighted by molar-refractivity contribution is 0.00624. The molecule has 51 heavy (non-hydrogen) atoms. The van der Waals surface area contributed by atoms with Gasteiger partial charge in [0, 0.05) is 60.4 Å². The molecule has 0 spiro atoms. The van der Waals surface area contributed by atoms with Crippen LogP contribution in [0.15, 0.2) is 49.9 Å². The lowest BCUT2D eigenvalue weighted by atomic mass is 9.47. The maximum absolute atomic E-state index is 11.5. The summed E-state index contributed by atoms with van der Waals surface area (Å²) in [5.74, 6) is -0.826. The van der Waals surface area contributed by atoms with E-state index in [9.17, 15) is 9.59 Å². The molecule has 3 saturated heterocycles. The van der Waals surface area contributed by atoms with Gasteiger partial charge < -0.3 is 46.4 Å². The normalized spacial score (nSPS) is 19.4. The fourth-order valence-electron chi connectivity index (χ4n) is 5.11. The number of halogens is 1. The second-order valence-electron chi connectivity index (χ2n) is 14.9. The average molecular weight is 771 g/mol. The van der Waals surface area contributed by atoms with Crippen molar-refractivity contribution in [1.82, 2.24) is 10.3 Å². The van der Waals surface area contributed by atoms with E-state index < -0.39 is 19.1 Å². The first-order valence-corrected chi connectivity index (χ1v) is 17.2. The van der Waals surface area contributed by atoms with Crippen LogP contribution in [-0.4, -0.2) is 97.2 Å². The highest BCUT2D eigenvalue weighted by molar-refractivity contribution is 9.10. The Kier molecular flexibility index (Phi) is 12.4. The molecule has 0 atom stereocenters. The van der Waals surface area contributed by atoms with Gasteiger partial charge in [-0.2, -0.15) is 0 Å². The number of carbonyl (C=O) groups is 2. The smallest absolute Gasteiger partial charge is 0.463 e. The number of aromatic nitrogens is 2. The van der Waals surface area contributed by atoms with E-state index >= 15 is 0 Å². The molecule has 3 aliphatic heterocycles. The van der Waals surface area contributed by atoms with Crippen LogP contribution < -0.4 is 5.46 Å². The van der Waals surface area contributed by atoms with Gasteiger partial charge in [0.25, 0.3) is 11.5 Å². The standard InChI is InChI=1S/C14H16BNO5.C10H20B2O4.C9H6BrNO3/c1-14(2)7-19-15(20-8-14)9-4-5-10-11(6-9)16-21-12(10)13(17)18-3;1-9(2)5-13-11(14-6-9)12-15-7-10(3,4)8-16-12;1-13-9(12)8-6-3-2-5(10)4-7(6)11-14-8/h4-6H,7-8H2,1-3H3;5-8H2,1-4H3;2-4H,1H3. The van der Waals surface area contributed by atoms with Gasteiger partial charge in [0.1, 0.15) is 11.0 Å². The number of carbonyl (C=O) groups excluding carboxylic acids is 2. The van der Waals surface area contributed by atoms with Crippen LogP contribution in [-0.2, 0) is 37.4 Å². The Morgan fingerprint density at radius 1 is 0.627 bits per heavy atom. The molecule has 0 unspecified atom stereocenters. The minimum absolute atomic E-state index is 0.0204.